The van der Waals surface area contributed by atoms with Gasteiger partial charge >= 0.3 is 0 Å². The number of likely N-dealkylation sites (tertiary alicyclic amines) is 1. The summed E-state index contributed by atoms with van der Waals surface area (Å²) in [5.74, 6) is 2.52. The van der Waals surface area contributed by atoms with E-state index in [0.717, 1.165) is 49.0 Å². The maximum atomic E-state index is 5.74. The van der Waals surface area contributed by atoms with Gasteiger partial charge in [-0.2, -0.15) is 0 Å². The fourth-order valence-electron chi connectivity index (χ4n) is 4.93. The lowest BCUT2D eigenvalue weighted by Crippen LogP contribution is -2.40. The number of piperidine rings is 1. The average Bonchev–Trinajstić information content (AvgIpc) is 3.49. The fourth-order valence-corrected chi connectivity index (χ4v) is 5.24. The number of imidazole rings is 1. The fraction of sp³-hybridized carbons (Fsp3) is 0.385. The molecule has 1 fully saturated rings. The van der Waals surface area contributed by atoms with Gasteiger partial charge in [0.1, 0.15) is 11.6 Å². The van der Waals surface area contributed by atoms with E-state index < -0.39 is 0 Å². The quantitative estimate of drug-likeness (QED) is 0.559. The first-order chi connectivity index (χ1) is 15.7. The Balaban J connectivity index is 1.18. The van der Waals surface area contributed by atoms with Crippen LogP contribution in [0, 0.1) is 0 Å². The Labute approximate surface area is 195 Å². The molecule has 32 heavy (non-hydrogen) atoms. The van der Waals surface area contributed by atoms with E-state index in [-0.39, 0.29) is 0 Å². The van der Waals surface area contributed by atoms with Crippen molar-refractivity contribution in [2.45, 2.75) is 44.6 Å². The lowest BCUT2D eigenvalue weighted by atomic mass is 9.96. The molecule has 2 heterocycles. The molecule has 0 atom stereocenters. The van der Waals surface area contributed by atoms with Crippen LogP contribution in [0.5, 0.6) is 5.75 Å². The van der Waals surface area contributed by atoms with Crippen LogP contribution in [-0.4, -0.2) is 39.8 Å². The molecule has 1 saturated heterocycles. The van der Waals surface area contributed by atoms with E-state index >= 15 is 0 Å². The number of thiocarbonyl (C=S) groups is 1. The first-order valence-corrected chi connectivity index (χ1v) is 11.9. The Hall–Kier alpha value is -2.86. The van der Waals surface area contributed by atoms with E-state index in [9.17, 15) is 0 Å². The van der Waals surface area contributed by atoms with E-state index in [0.29, 0.717) is 5.92 Å². The van der Waals surface area contributed by atoms with Gasteiger partial charge in [-0.25, -0.2) is 4.98 Å². The molecule has 6 heteroatoms. The van der Waals surface area contributed by atoms with Gasteiger partial charge in [0.2, 0.25) is 0 Å². The predicted octanol–water partition coefficient (Wildman–Crippen LogP) is 5.01. The number of hydrogen-bond acceptors (Lipinski definition) is 3. The Morgan fingerprint density at radius 3 is 2.66 bits per heavy atom. The van der Waals surface area contributed by atoms with Gasteiger partial charge in [-0.15, -0.1) is 0 Å². The highest BCUT2D eigenvalue weighted by molar-refractivity contribution is 7.80. The molecule has 1 aromatic heterocycles. The summed E-state index contributed by atoms with van der Waals surface area (Å²) in [6, 6.07) is 15.0. The Kier molecular flexibility index (Phi) is 6.12. The van der Waals surface area contributed by atoms with E-state index in [2.05, 4.69) is 51.3 Å². The summed E-state index contributed by atoms with van der Waals surface area (Å²) in [6.07, 6.45) is 9.80. The first kappa shape index (κ1) is 21.0. The third-order valence-electron chi connectivity index (χ3n) is 6.76. The van der Waals surface area contributed by atoms with Crippen molar-refractivity contribution in [1.82, 2.24) is 14.5 Å². The number of aromatic nitrogens is 2. The maximum absolute atomic E-state index is 5.74. The number of aryl methyl sites for hydroxylation is 2. The SMILES string of the molecule is COc1ccc(Cn2ccnc2C2CCN(C(=S)Nc3ccc4c(c3)CCC4)CC2)cc1. The van der Waals surface area contributed by atoms with Gasteiger partial charge in [-0.1, -0.05) is 18.2 Å². The molecule has 2 aromatic carbocycles. The molecule has 0 spiro atoms. The third-order valence-corrected chi connectivity index (χ3v) is 7.12. The number of benzene rings is 2. The van der Waals surface area contributed by atoms with Gasteiger partial charge in [0, 0.05) is 43.6 Å². The summed E-state index contributed by atoms with van der Waals surface area (Å²) in [4.78, 5) is 7.01. The average molecular weight is 447 g/mol. The number of fused-ring (bicyclic) bond motifs is 1. The van der Waals surface area contributed by atoms with Gasteiger partial charge in [0.05, 0.1) is 7.11 Å². The highest BCUT2D eigenvalue weighted by atomic mass is 32.1. The molecule has 2 aliphatic rings. The second-order valence-electron chi connectivity index (χ2n) is 8.79. The van der Waals surface area contributed by atoms with Crippen molar-refractivity contribution in [3.63, 3.8) is 0 Å². The minimum Gasteiger partial charge on any atom is -0.497 e. The van der Waals surface area contributed by atoms with Crippen LogP contribution in [-0.2, 0) is 19.4 Å². The van der Waals surface area contributed by atoms with Crippen LogP contribution in [0.2, 0.25) is 0 Å². The molecule has 0 bridgehead atoms. The first-order valence-electron chi connectivity index (χ1n) is 11.5. The number of ether oxygens (including phenoxy) is 1. The van der Waals surface area contributed by atoms with Crippen LogP contribution in [0.3, 0.4) is 0 Å². The molecule has 0 unspecified atom stereocenters. The lowest BCUT2D eigenvalue weighted by Gasteiger charge is -2.33. The number of rotatable bonds is 5. The topological polar surface area (TPSA) is 42.3 Å². The van der Waals surface area contributed by atoms with Crippen LogP contribution < -0.4 is 10.1 Å². The summed E-state index contributed by atoms with van der Waals surface area (Å²) in [5.41, 5.74) is 5.34. The van der Waals surface area contributed by atoms with Crippen LogP contribution in [0.25, 0.3) is 0 Å². The van der Waals surface area contributed by atoms with Crippen LogP contribution in [0.4, 0.5) is 5.69 Å². The molecule has 0 amide bonds. The van der Waals surface area contributed by atoms with Crippen molar-refractivity contribution >= 4 is 23.0 Å². The molecule has 166 valence electrons. The van der Waals surface area contributed by atoms with Crippen molar-refractivity contribution < 1.29 is 4.74 Å². The van der Waals surface area contributed by atoms with Gasteiger partial charge < -0.3 is 19.5 Å². The molecule has 3 aromatic rings. The largest absolute Gasteiger partial charge is 0.497 e. The maximum Gasteiger partial charge on any atom is 0.173 e. The van der Waals surface area contributed by atoms with Crippen LogP contribution in [0.1, 0.15) is 47.7 Å². The summed E-state index contributed by atoms with van der Waals surface area (Å²) in [7, 11) is 1.70. The van der Waals surface area contributed by atoms with E-state index in [1.807, 2.05) is 18.3 Å². The predicted molar refractivity (Wildman–Crippen MR) is 133 cm³/mol. The molecular weight excluding hydrogens is 416 g/mol. The van der Waals surface area contributed by atoms with E-state index in [4.69, 9.17) is 21.9 Å². The van der Waals surface area contributed by atoms with Crippen molar-refractivity contribution in [3.8, 4) is 5.75 Å². The third kappa shape index (κ3) is 4.51. The van der Waals surface area contributed by atoms with Gasteiger partial charge in [-0.05, 0) is 85.3 Å². The Morgan fingerprint density at radius 2 is 1.88 bits per heavy atom. The molecule has 1 aliphatic heterocycles. The number of anilines is 1. The minimum atomic E-state index is 0.460. The van der Waals surface area contributed by atoms with Crippen LogP contribution in [0.15, 0.2) is 54.9 Å². The van der Waals surface area contributed by atoms with Crippen molar-refractivity contribution in [3.05, 3.63) is 77.4 Å². The van der Waals surface area contributed by atoms with Crippen molar-refractivity contribution in [1.29, 1.82) is 0 Å². The smallest absolute Gasteiger partial charge is 0.173 e. The second kappa shape index (κ2) is 9.33. The number of methoxy groups -OCH3 is 1. The summed E-state index contributed by atoms with van der Waals surface area (Å²) >= 11 is 5.74. The summed E-state index contributed by atoms with van der Waals surface area (Å²) in [5, 5.41) is 4.31. The van der Waals surface area contributed by atoms with Crippen molar-refractivity contribution in [2.24, 2.45) is 0 Å². The zero-order valence-electron chi connectivity index (χ0n) is 18.6. The number of nitrogens with zero attached hydrogens (tertiary/aromatic N) is 3. The Morgan fingerprint density at radius 1 is 1.09 bits per heavy atom. The summed E-state index contributed by atoms with van der Waals surface area (Å²) < 4.78 is 7.55. The number of nitrogens with one attached hydrogen (secondary N) is 1. The highest BCUT2D eigenvalue weighted by Gasteiger charge is 2.25. The number of hydrogen-bond donors (Lipinski definition) is 1. The second-order valence-corrected chi connectivity index (χ2v) is 9.18. The van der Waals surface area contributed by atoms with Crippen LogP contribution >= 0.6 is 12.2 Å². The molecule has 1 aliphatic carbocycles. The van der Waals surface area contributed by atoms with Crippen molar-refractivity contribution in [2.75, 3.05) is 25.5 Å². The molecule has 5 nitrogen and oxygen atoms in total. The molecule has 0 saturated carbocycles. The molecule has 5 rings (SSSR count). The minimum absolute atomic E-state index is 0.460. The highest BCUT2D eigenvalue weighted by Crippen LogP contribution is 2.29. The molecular formula is C26H30N4OS. The zero-order chi connectivity index (χ0) is 21.9. The van der Waals surface area contributed by atoms with E-state index in [1.54, 1.807) is 7.11 Å². The normalized spacial score (nSPS) is 16.1. The Bertz CT molecular complexity index is 1080. The standard InChI is InChI=1S/C26H30N4OS/c1-31-24-9-5-19(6-10-24)18-30-16-13-27-25(30)21-11-14-29(15-12-21)26(32)28-23-8-7-20-3-2-4-22(20)17-23/h5-10,13,16-17,21H,2-4,11-12,14-15,18H2,1H3,(H,28,32). The van der Waals surface area contributed by atoms with Gasteiger partial charge in [0.15, 0.2) is 5.11 Å². The van der Waals surface area contributed by atoms with E-state index in [1.165, 1.54) is 41.8 Å². The van der Waals surface area contributed by atoms with Gasteiger partial charge in [-0.3, -0.25) is 0 Å². The summed E-state index contributed by atoms with van der Waals surface area (Å²) in [6.45, 7) is 2.74. The molecule has 1 N–H and O–H groups in total. The monoisotopic (exact) mass is 446 g/mol. The van der Waals surface area contributed by atoms with Gasteiger partial charge in [0.25, 0.3) is 0 Å². The zero-order valence-corrected chi connectivity index (χ0v) is 19.4. The lowest BCUT2D eigenvalue weighted by molar-refractivity contribution is 0.307. The molecule has 0 radical (unpaired) electrons.